The molecule has 3 aliphatic rings. The van der Waals surface area contributed by atoms with Gasteiger partial charge in [0.15, 0.2) is 0 Å². The molecule has 1 aliphatic carbocycles. The molecular weight excluding hydrogens is 436 g/mol. The molecule has 2 N–H and O–H groups in total. The molecule has 8 heteroatoms. The van der Waals surface area contributed by atoms with E-state index in [0.717, 1.165) is 11.1 Å². The third-order valence-electron chi connectivity index (χ3n) is 7.16. The van der Waals surface area contributed by atoms with Crippen LogP contribution in [-0.2, 0) is 19.1 Å². The summed E-state index contributed by atoms with van der Waals surface area (Å²) in [6.45, 7) is 1.56. The number of nitrogens with zero attached hydrogens (tertiary/aromatic N) is 1. The summed E-state index contributed by atoms with van der Waals surface area (Å²) in [7, 11) is 0. The smallest absolute Gasteiger partial charge is 0.407 e. The number of hydrogen-bond donors (Lipinski definition) is 2. The number of hydrogen-bond acceptors (Lipinski definition) is 5. The Morgan fingerprint density at radius 2 is 1.71 bits per heavy atom. The number of likely N-dealkylation sites (tertiary alicyclic amines) is 1. The van der Waals surface area contributed by atoms with Crippen LogP contribution in [0.2, 0.25) is 0 Å². The van der Waals surface area contributed by atoms with Gasteiger partial charge in [0, 0.05) is 38.1 Å². The van der Waals surface area contributed by atoms with Crippen LogP contribution in [0.4, 0.5) is 4.79 Å². The Bertz CT molecular complexity index is 1060. The number of amides is 2. The topological polar surface area (TPSA) is 105 Å². The third-order valence-corrected chi connectivity index (χ3v) is 7.16. The van der Waals surface area contributed by atoms with Gasteiger partial charge in [-0.3, -0.25) is 9.59 Å². The van der Waals surface area contributed by atoms with Crippen LogP contribution < -0.4 is 5.32 Å². The number of aliphatic carboxylic acids is 1. The molecule has 8 nitrogen and oxygen atoms in total. The summed E-state index contributed by atoms with van der Waals surface area (Å²) in [5.74, 6) is -1.78. The van der Waals surface area contributed by atoms with Crippen molar-refractivity contribution in [3.05, 3.63) is 59.7 Å². The van der Waals surface area contributed by atoms with E-state index in [0.29, 0.717) is 26.0 Å². The lowest BCUT2D eigenvalue weighted by Gasteiger charge is -2.24. The van der Waals surface area contributed by atoms with Crippen molar-refractivity contribution in [1.82, 2.24) is 10.2 Å². The van der Waals surface area contributed by atoms with E-state index in [1.165, 1.54) is 11.1 Å². The van der Waals surface area contributed by atoms with Crippen LogP contribution in [-0.4, -0.2) is 66.9 Å². The highest BCUT2D eigenvalue weighted by Gasteiger charge is 2.40. The molecule has 2 saturated heterocycles. The summed E-state index contributed by atoms with van der Waals surface area (Å²) in [5.41, 5.74) is 4.64. The van der Waals surface area contributed by atoms with Gasteiger partial charge in [-0.15, -0.1) is 0 Å². The summed E-state index contributed by atoms with van der Waals surface area (Å²) in [6.07, 6.45) is -0.0827. The zero-order valence-electron chi connectivity index (χ0n) is 18.8. The van der Waals surface area contributed by atoms with Gasteiger partial charge in [-0.2, -0.15) is 0 Å². The molecule has 2 aromatic carbocycles. The summed E-state index contributed by atoms with van der Waals surface area (Å²) >= 11 is 0. The Morgan fingerprint density at radius 3 is 2.35 bits per heavy atom. The average Bonchev–Trinajstić information content (AvgIpc) is 3.59. The lowest BCUT2D eigenvalue weighted by molar-refractivity contribution is -0.143. The standard InChI is InChI=1S/C26H28N2O6/c29-24(28-11-9-17(14-28)25(30)31)23-16(10-12-33-23)13-27-26(32)34-15-22-20-7-3-1-5-18(20)19-6-2-4-8-21(19)22/h1-8,16-17,22-23H,9-15H2,(H,27,32)(H,30,31). The second kappa shape index (κ2) is 9.46. The Balaban J connectivity index is 1.15. The van der Waals surface area contributed by atoms with Gasteiger partial charge in [0.05, 0.1) is 5.92 Å². The maximum absolute atomic E-state index is 12.9. The van der Waals surface area contributed by atoms with Crippen LogP contribution >= 0.6 is 0 Å². The molecule has 34 heavy (non-hydrogen) atoms. The molecule has 0 spiro atoms. The average molecular weight is 465 g/mol. The number of carboxylic acid groups (broad SMARTS) is 1. The van der Waals surface area contributed by atoms with Gasteiger partial charge in [-0.25, -0.2) is 4.79 Å². The van der Waals surface area contributed by atoms with Crippen LogP contribution in [0.15, 0.2) is 48.5 Å². The first-order valence-corrected chi connectivity index (χ1v) is 11.7. The number of rotatable bonds is 6. The van der Waals surface area contributed by atoms with Gasteiger partial charge < -0.3 is 24.8 Å². The second-order valence-electron chi connectivity index (χ2n) is 9.15. The summed E-state index contributed by atoms with van der Waals surface area (Å²) in [4.78, 5) is 38.1. The molecule has 3 atom stereocenters. The van der Waals surface area contributed by atoms with Gasteiger partial charge in [0.1, 0.15) is 12.7 Å². The monoisotopic (exact) mass is 464 g/mol. The second-order valence-corrected chi connectivity index (χ2v) is 9.15. The zero-order chi connectivity index (χ0) is 23.7. The largest absolute Gasteiger partial charge is 0.481 e. The minimum absolute atomic E-state index is 0.0142. The first kappa shape index (κ1) is 22.4. The van der Waals surface area contributed by atoms with Crippen molar-refractivity contribution < 1.29 is 29.0 Å². The van der Waals surface area contributed by atoms with Gasteiger partial charge in [0.2, 0.25) is 0 Å². The number of ether oxygens (including phenoxy) is 2. The number of benzene rings is 2. The molecule has 2 fully saturated rings. The highest BCUT2D eigenvalue weighted by atomic mass is 16.5. The number of fused-ring (bicyclic) bond motifs is 3. The quantitative estimate of drug-likeness (QED) is 0.681. The maximum Gasteiger partial charge on any atom is 0.407 e. The molecule has 0 bridgehead atoms. The number of carbonyl (C=O) groups excluding carboxylic acids is 2. The van der Waals surface area contributed by atoms with Crippen LogP contribution in [0.1, 0.15) is 29.9 Å². The fraction of sp³-hybridized carbons (Fsp3) is 0.423. The molecule has 3 unspecified atom stereocenters. The molecule has 2 amide bonds. The van der Waals surface area contributed by atoms with Crippen LogP contribution in [0.5, 0.6) is 0 Å². The van der Waals surface area contributed by atoms with Crippen molar-refractivity contribution in [3.8, 4) is 11.1 Å². The van der Waals surface area contributed by atoms with Gasteiger partial charge in [0.25, 0.3) is 5.91 Å². The SMILES string of the molecule is O=C(NCC1CCOC1C(=O)N1CCC(C(=O)O)C1)OCC1c2ccccc2-c2ccccc21. The fourth-order valence-corrected chi connectivity index (χ4v) is 5.32. The third kappa shape index (κ3) is 4.25. The first-order valence-electron chi connectivity index (χ1n) is 11.7. The fourth-order valence-electron chi connectivity index (χ4n) is 5.32. The maximum atomic E-state index is 12.9. The number of carbonyl (C=O) groups is 3. The van der Waals surface area contributed by atoms with E-state index in [1.807, 2.05) is 24.3 Å². The van der Waals surface area contributed by atoms with E-state index >= 15 is 0 Å². The number of carboxylic acids is 1. The highest BCUT2D eigenvalue weighted by Crippen LogP contribution is 2.44. The van der Waals surface area contributed by atoms with Crippen molar-refractivity contribution in [3.63, 3.8) is 0 Å². The van der Waals surface area contributed by atoms with Crippen LogP contribution in [0.3, 0.4) is 0 Å². The molecule has 2 heterocycles. The van der Waals surface area contributed by atoms with E-state index in [9.17, 15) is 19.5 Å². The minimum atomic E-state index is -0.879. The minimum Gasteiger partial charge on any atom is -0.481 e. The molecule has 0 saturated carbocycles. The van der Waals surface area contributed by atoms with Gasteiger partial charge in [-0.1, -0.05) is 48.5 Å². The predicted molar refractivity (Wildman–Crippen MR) is 123 cm³/mol. The Morgan fingerprint density at radius 1 is 1.03 bits per heavy atom. The molecule has 178 valence electrons. The van der Waals surface area contributed by atoms with E-state index in [4.69, 9.17) is 9.47 Å². The predicted octanol–water partition coefficient (Wildman–Crippen LogP) is 2.86. The summed E-state index contributed by atoms with van der Waals surface area (Å²) in [5, 5.41) is 12.0. The first-order chi connectivity index (χ1) is 16.5. The van der Waals surface area contributed by atoms with E-state index in [-0.39, 0.29) is 37.4 Å². The molecule has 0 aromatic heterocycles. The van der Waals surface area contributed by atoms with E-state index in [2.05, 4.69) is 29.6 Å². The Kier molecular flexibility index (Phi) is 6.24. The van der Waals surface area contributed by atoms with Crippen LogP contribution in [0, 0.1) is 11.8 Å². The highest BCUT2D eigenvalue weighted by molar-refractivity contribution is 5.83. The van der Waals surface area contributed by atoms with Crippen molar-refractivity contribution in [2.45, 2.75) is 24.9 Å². The number of alkyl carbamates (subject to hydrolysis) is 1. The molecule has 2 aliphatic heterocycles. The molecule has 2 aromatic rings. The van der Waals surface area contributed by atoms with Crippen molar-refractivity contribution in [2.24, 2.45) is 11.8 Å². The molecule has 0 radical (unpaired) electrons. The Hall–Kier alpha value is -3.39. The van der Waals surface area contributed by atoms with Crippen molar-refractivity contribution in [1.29, 1.82) is 0 Å². The van der Waals surface area contributed by atoms with E-state index < -0.39 is 24.1 Å². The molecule has 5 rings (SSSR count). The van der Waals surface area contributed by atoms with Crippen LogP contribution in [0.25, 0.3) is 11.1 Å². The Labute approximate surface area is 197 Å². The number of nitrogens with one attached hydrogen (secondary N) is 1. The lowest BCUT2D eigenvalue weighted by atomic mass is 9.98. The summed E-state index contributed by atoms with van der Waals surface area (Å²) in [6, 6.07) is 16.3. The lowest BCUT2D eigenvalue weighted by Crippen LogP contribution is -2.44. The normalized spacial score (nSPS) is 23.4. The zero-order valence-corrected chi connectivity index (χ0v) is 18.8. The van der Waals surface area contributed by atoms with E-state index in [1.54, 1.807) is 4.90 Å². The van der Waals surface area contributed by atoms with Gasteiger partial charge in [-0.05, 0) is 35.1 Å². The van der Waals surface area contributed by atoms with Crippen molar-refractivity contribution in [2.75, 3.05) is 32.8 Å². The van der Waals surface area contributed by atoms with Crippen molar-refractivity contribution >= 4 is 18.0 Å². The molecular formula is C26H28N2O6. The van der Waals surface area contributed by atoms with Gasteiger partial charge >= 0.3 is 12.1 Å². The summed E-state index contributed by atoms with van der Waals surface area (Å²) < 4.78 is 11.2.